The Morgan fingerprint density at radius 3 is 1.89 bits per heavy atom. The first-order chi connectivity index (χ1) is 18.1. The van der Waals surface area contributed by atoms with Crippen LogP contribution in [0.2, 0.25) is 0 Å². The molecule has 4 rings (SSSR count). The first-order valence-corrected chi connectivity index (χ1v) is 15.5. The average Bonchev–Trinajstić information content (AvgIpc) is 2.94. The Kier molecular flexibility index (Phi) is 11.2. The van der Waals surface area contributed by atoms with Gasteiger partial charge in [0.05, 0.1) is 13.2 Å². The standard InChI is InChI=1S/C33H50F2O2/c1-3-5-6-7-25-12-16-28(17-13-25)29-18-14-27(15-19-29)23-37-31-21-20-30(32(34)33(31)35)36-22-26-10-8-24(4-2)9-11-26/h14,18,20-21,24-29H,3-13,15-17,19,22-23H2,1-2H3. The number of hydrogen-bond donors (Lipinski definition) is 0. The summed E-state index contributed by atoms with van der Waals surface area (Å²) < 4.78 is 40.8. The summed E-state index contributed by atoms with van der Waals surface area (Å²) in [5, 5.41) is 0. The van der Waals surface area contributed by atoms with Gasteiger partial charge in [0.1, 0.15) is 0 Å². The Balaban J connectivity index is 1.18. The zero-order valence-electron chi connectivity index (χ0n) is 23.4. The van der Waals surface area contributed by atoms with Gasteiger partial charge in [0, 0.05) is 5.92 Å². The molecule has 2 saturated carbocycles. The first kappa shape index (κ1) is 28.4. The van der Waals surface area contributed by atoms with Crippen molar-refractivity contribution < 1.29 is 18.3 Å². The van der Waals surface area contributed by atoms with Crippen LogP contribution in [-0.4, -0.2) is 13.2 Å². The molecule has 1 aromatic carbocycles. The van der Waals surface area contributed by atoms with Crippen LogP contribution in [0.15, 0.2) is 24.3 Å². The summed E-state index contributed by atoms with van der Waals surface area (Å²) in [5.41, 5.74) is 0. The smallest absolute Gasteiger partial charge is 0.204 e. The van der Waals surface area contributed by atoms with Crippen molar-refractivity contribution in [1.29, 1.82) is 0 Å². The van der Waals surface area contributed by atoms with Crippen LogP contribution in [0.1, 0.15) is 110 Å². The summed E-state index contributed by atoms with van der Waals surface area (Å²) >= 11 is 0. The quantitative estimate of drug-likeness (QED) is 0.203. The summed E-state index contributed by atoms with van der Waals surface area (Å²) in [4.78, 5) is 0. The minimum Gasteiger partial charge on any atom is -0.490 e. The predicted octanol–water partition coefficient (Wildman–Crippen LogP) is 9.91. The van der Waals surface area contributed by atoms with E-state index in [0.717, 1.165) is 37.0 Å². The van der Waals surface area contributed by atoms with E-state index in [1.807, 2.05) is 0 Å². The zero-order valence-corrected chi connectivity index (χ0v) is 23.4. The number of allylic oxidation sites excluding steroid dienone is 1. The largest absolute Gasteiger partial charge is 0.490 e. The van der Waals surface area contributed by atoms with Crippen molar-refractivity contribution in [3.63, 3.8) is 0 Å². The number of halogens is 2. The third kappa shape index (κ3) is 8.20. The zero-order chi connectivity index (χ0) is 26.0. The molecule has 0 radical (unpaired) electrons. The van der Waals surface area contributed by atoms with Gasteiger partial charge >= 0.3 is 0 Å². The van der Waals surface area contributed by atoms with Gasteiger partial charge in [0.15, 0.2) is 11.5 Å². The highest BCUT2D eigenvalue weighted by atomic mass is 19.2. The Morgan fingerprint density at radius 2 is 1.30 bits per heavy atom. The summed E-state index contributed by atoms with van der Waals surface area (Å²) in [5.74, 6) is 2.09. The van der Waals surface area contributed by atoms with E-state index in [0.29, 0.717) is 25.0 Å². The molecule has 0 aliphatic heterocycles. The van der Waals surface area contributed by atoms with E-state index in [9.17, 15) is 8.78 Å². The van der Waals surface area contributed by atoms with Gasteiger partial charge in [-0.3, -0.25) is 0 Å². The summed E-state index contributed by atoms with van der Waals surface area (Å²) in [6, 6.07) is 3.05. The second-order valence-corrected chi connectivity index (χ2v) is 12.3. The van der Waals surface area contributed by atoms with Crippen molar-refractivity contribution in [3.8, 4) is 11.5 Å². The van der Waals surface area contributed by atoms with E-state index in [4.69, 9.17) is 9.47 Å². The highest BCUT2D eigenvalue weighted by Gasteiger charge is 2.29. The van der Waals surface area contributed by atoms with Crippen LogP contribution < -0.4 is 9.47 Å². The van der Waals surface area contributed by atoms with Gasteiger partial charge in [-0.25, -0.2) is 0 Å². The Morgan fingerprint density at radius 1 is 0.676 bits per heavy atom. The molecule has 2 unspecified atom stereocenters. The molecular formula is C33H50F2O2. The van der Waals surface area contributed by atoms with E-state index in [1.54, 1.807) is 0 Å². The van der Waals surface area contributed by atoms with Gasteiger partial charge in [-0.05, 0) is 80.2 Å². The maximum atomic E-state index is 14.7. The lowest BCUT2D eigenvalue weighted by Crippen LogP contribution is -2.24. The van der Waals surface area contributed by atoms with Gasteiger partial charge < -0.3 is 9.47 Å². The molecule has 37 heavy (non-hydrogen) atoms. The molecule has 1 aromatic rings. The third-order valence-corrected chi connectivity index (χ3v) is 9.70. The molecule has 0 amide bonds. The molecule has 208 valence electrons. The van der Waals surface area contributed by atoms with Crippen molar-refractivity contribution in [3.05, 3.63) is 35.9 Å². The molecule has 0 N–H and O–H groups in total. The van der Waals surface area contributed by atoms with E-state index in [1.165, 1.54) is 89.2 Å². The van der Waals surface area contributed by atoms with Crippen LogP contribution in [0, 0.1) is 47.1 Å². The number of hydrogen-bond acceptors (Lipinski definition) is 2. The van der Waals surface area contributed by atoms with E-state index >= 15 is 0 Å². The van der Waals surface area contributed by atoms with E-state index in [2.05, 4.69) is 26.0 Å². The van der Waals surface area contributed by atoms with Crippen LogP contribution >= 0.6 is 0 Å². The molecule has 0 spiro atoms. The van der Waals surface area contributed by atoms with Gasteiger partial charge in [-0.1, -0.05) is 83.8 Å². The molecule has 0 saturated heterocycles. The van der Waals surface area contributed by atoms with Crippen LogP contribution in [0.25, 0.3) is 0 Å². The Labute approximate surface area is 224 Å². The molecule has 0 aromatic heterocycles. The second-order valence-electron chi connectivity index (χ2n) is 12.3. The lowest BCUT2D eigenvalue weighted by molar-refractivity contribution is 0.174. The average molecular weight is 517 g/mol. The first-order valence-electron chi connectivity index (χ1n) is 15.5. The summed E-state index contributed by atoms with van der Waals surface area (Å²) in [7, 11) is 0. The molecule has 2 nitrogen and oxygen atoms in total. The summed E-state index contributed by atoms with van der Waals surface area (Å²) in [6.45, 7) is 5.38. The minimum absolute atomic E-state index is 0.00273. The highest BCUT2D eigenvalue weighted by Crippen LogP contribution is 2.40. The van der Waals surface area contributed by atoms with Gasteiger partial charge in [-0.2, -0.15) is 8.78 Å². The summed E-state index contributed by atoms with van der Waals surface area (Å²) in [6.07, 6.45) is 23.8. The second kappa shape index (κ2) is 14.5. The number of ether oxygens (including phenoxy) is 2. The van der Waals surface area contributed by atoms with Crippen LogP contribution in [0.4, 0.5) is 8.78 Å². The fourth-order valence-corrected chi connectivity index (χ4v) is 6.97. The highest BCUT2D eigenvalue weighted by molar-refractivity contribution is 5.35. The van der Waals surface area contributed by atoms with Gasteiger partial charge in [-0.15, -0.1) is 0 Å². The molecule has 2 atom stereocenters. The van der Waals surface area contributed by atoms with Gasteiger partial charge in [0.25, 0.3) is 0 Å². The monoisotopic (exact) mass is 516 g/mol. The lowest BCUT2D eigenvalue weighted by Gasteiger charge is -2.35. The Bertz CT molecular complexity index is 837. The maximum absolute atomic E-state index is 14.7. The topological polar surface area (TPSA) is 18.5 Å². The van der Waals surface area contributed by atoms with Crippen molar-refractivity contribution in [1.82, 2.24) is 0 Å². The molecule has 0 bridgehead atoms. The van der Waals surface area contributed by atoms with E-state index < -0.39 is 11.6 Å². The fraction of sp³-hybridized carbons (Fsp3) is 0.758. The third-order valence-electron chi connectivity index (χ3n) is 9.70. The minimum atomic E-state index is -0.930. The molecular weight excluding hydrogens is 466 g/mol. The lowest BCUT2D eigenvalue weighted by atomic mass is 9.71. The van der Waals surface area contributed by atoms with Crippen LogP contribution in [-0.2, 0) is 0 Å². The number of rotatable bonds is 12. The predicted molar refractivity (Wildman–Crippen MR) is 148 cm³/mol. The SMILES string of the molecule is CCCCCC1CCC(C2C=CC(COc3ccc(OCC4CCC(CC)CC4)c(F)c3F)CC2)CC1. The van der Waals surface area contributed by atoms with Crippen molar-refractivity contribution >= 4 is 0 Å². The van der Waals surface area contributed by atoms with Crippen molar-refractivity contribution in [2.45, 2.75) is 110 Å². The number of benzene rings is 1. The number of unbranched alkanes of at least 4 members (excludes halogenated alkanes) is 2. The molecule has 2 fully saturated rings. The van der Waals surface area contributed by atoms with Crippen LogP contribution in [0.3, 0.4) is 0 Å². The normalized spacial score (nSPS) is 30.3. The van der Waals surface area contributed by atoms with Crippen molar-refractivity contribution in [2.24, 2.45) is 35.5 Å². The van der Waals surface area contributed by atoms with Crippen molar-refractivity contribution in [2.75, 3.05) is 13.2 Å². The fourth-order valence-electron chi connectivity index (χ4n) is 6.97. The van der Waals surface area contributed by atoms with Crippen LogP contribution in [0.5, 0.6) is 11.5 Å². The van der Waals surface area contributed by atoms with Gasteiger partial charge in [0.2, 0.25) is 11.6 Å². The molecule has 0 heterocycles. The molecule has 3 aliphatic rings. The van der Waals surface area contributed by atoms with E-state index in [-0.39, 0.29) is 17.4 Å². The molecule has 3 aliphatic carbocycles. The Hall–Kier alpha value is -1.58. The maximum Gasteiger partial charge on any atom is 0.204 e. The molecule has 4 heteroatoms.